The van der Waals surface area contributed by atoms with Gasteiger partial charge in [0.2, 0.25) is 5.91 Å². The fourth-order valence-electron chi connectivity index (χ4n) is 1.98. The molecule has 1 aliphatic heterocycles. The molecule has 1 amide bonds. The number of hydrogen-bond donors (Lipinski definition) is 1. The van der Waals surface area contributed by atoms with Crippen molar-refractivity contribution in [1.29, 1.82) is 0 Å². The van der Waals surface area contributed by atoms with Crippen LogP contribution < -0.4 is 5.73 Å². The third kappa shape index (κ3) is 6.80. The van der Waals surface area contributed by atoms with Crippen LogP contribution in [0.3, 0.4) is 0 Å². The quantitative estimate of drug-likeness (QED) is 0.591. The summed E-state index contributed by atoms with van der Waals surface area (Å²) in [5, 5.41) is 0. The normalized spacial score (nSPS) is 19.2. The number of carbonyl (C=O) groups is 1. The van der Waals surface area contributed by atoms with Crippen LogP contribution in [0.15, 0.2) is 24.3 Å². The zero-order valence-electron chi connectivity index (χ0n) is 12.0. The summed E-state index contributed by atoms with van der Waals surface area (Å²) >= 11 is 0. The minimum Gasteiger partial charge on any atom is -0.368 e. The van der Waals surface area contributed by atoms with Crippen molar-refractivity contribution in [2.24, 2.45) is 5.73 Å². The van der Waals surface area contributed by atoms with E-state index in [0.717, 1.165) is 26.2 Å². The number of terminal acetylenes is 1. The number of primary amides is 1. The molecular formula is C15H25N3O. The molecule has 2 N–H and O–H groups in total. The Balaban J connectivity index is 0.00000154. The van der Waals surface area contributed by atoms with Crippen molar-refractivity contribution >= 4 is 5.91 Å². The Morgan fingerprint density at radius 2 is 1.84 bits per heavy atom. The van der Waals surface area contributed by atoms with Gasteiger partial charge in [0, 0.05) is 26.2 Å². The van der Waals surface area contributed by atoms with Gasteiger partial charge >= 0.3 is 0 Å². The van der Waals surface area contributed by atoms with E-state index in [1.54, 1.807) is 0 Å². The van der Waals surface area contributed by atoms with Gasteiger partial charge in [-0.15, -0.1) is 12.8 Å². The Labute approximate surface area is 116 Å². The summed E-state index contributed by atoms with van der Waals surface area (Å²) in [5.74, 6) is -0.223. The molecule has 4 heteroatoms. The van der Waals surface area contributed by atoms with E-state index >= 15 is 0 Å². The average Bonchev–Trinajstić information content (AvgIpc) is 2.42. The molecule has 1 fully saturated rings. The first-order chi connectivity index (χ1) is 9.15. The lowest BCUT2D eigenvalue weighted by atomic mass is 10.1. The maximum absolute atomic E-state index is 11.5. The largest absolute Gasteiger partial charge is 0.368 e. The molecule has 0 aliphatic carbocycles. The summed E-state index contributed by atoms with van der Waals surface area (Å²) < 4.78 is 0. The molecule has 0 bridgehead atoms. The molecule has 1 saturated heterocycles. The van der Waals surface area contributed by atoms with Gasteiger partial charge in [0.05, 0.1) is 6.04 Å². The average molecular weight is 263 g/mol. The fraction of sp³-hybridized carbons (Fsp3) is 0.533. The minimum absolute atomic E-state index is 0.162. The van der Waals surface area contributed by atoms with E-state index in [9.17, 15) is 4.79 Å². The Bertz CT molecular complexity index is 326. The van der Waals surface area contributed by atoms with Crippen LogP contribution in [0.2, 0.25) is 0 Å². The number of allylic oxidation sites excluding steroid dienone is 3. The van der Waals surface area contributed by atoms with E-state index in [0.29, 0.717) is 6.42 Å². The van der Waals surface area contributed by atoms with Crippen LogP contribution in [0.5, 0.6) is 0 Å². The zero-order chi connectivity index (χ0) is 14.7. The first-order valence-electron chi connectivity index (χ1n) is 6.48. The Hall–Kier alpha value is -1.57. The van der Waals surface area contributed by atoms with E-state index in [1.807, 2.05) is 31.2 Å². The highest BCUT2D eigenvalue weighted by Crippen LogP contribution is 2.09. The predicted octanol–water partition coefficient (Wildman–Crippen LogP) is 0.860. The van der Waals surface area contributed by atoms with E-state index in [1.165, 1.54) is 0 Å². The molecule has 106 valence electrons. The van der Waals surface area contributed by atoms with Crippen LogP contribution >= 0.6 is 0 Å². The second-order valence-corrected chi connectivity index (χ2v) is 4.45. The number of nitrogens with zero attached hydrogens (tertiary/aromatic N) is 2. The molecule has 0 spiro atoms. The van der Waals surface area contributed by atoms with Gasteiger partial charge in [-0.2, -0.15) is 0 Å². The Kier molecular flexibility index (Phi) is 9.51. The Morgan fingerprint density at radius 3 is 2.32 bits per heavy atom. The van der Waals surface area contributed by atoms with Gasteiger partial charge in [0.25, 0.3) is 0 Å². The lowest BCUT2D eigenvalue weighted by molar-refractivity contribution is -0.123. The molecule has 0 aromatic carbocycles. The van der Waals surface area contributed by atoms with Crippen molar-refractivity contribution in [3.05, 3.63) is 24.3 Å². The van der Waals surface area contributed by atoms with Gasteiger partial charge in [-0.05, 0) is 20.4 Å². The molecule has 1 heterocycles. The van der Waals surface area contributed by atoms with Gasteiger partial charge in [0.15, 0.2) is 0 Å². The summed E-state index contributed by atoms with van der Waals surface area (Å²) in [4.78, 5) is 15.9. The number of amides is 1. The molecule has 4 nitrogen and oxygen atoms in total. The number of carbonyl (C=O) groups excluding carboxylic acids is 1. The molecule has 1 rings (SSSR count). The summed E-state index contributed by atoms with van der Waals surface area (Å²) in [5.41, 5.74) is 5.47. The molecule has 0 radical (unpaired) electrons. The van der Waals surface area contributed by atoms with Crippen LogP contribution in [-0.4, -0.2) is 55.0 Å². The monoisotopic (exact) mass is 263 g/mol. The highest BCUT2D eigenvalue weighted by molar-refractivity contribution is 5.80. The summed E-state index contributed by atoms with van der Waals surface area (Å²) in [6, 6.07) is -0.162. The van der Waals surface area contributed by atoms with E-state index in [-0.39, 0.29) is 11.9 Å². The van der Waals surface area contributed by atoms with E-state index < -0.39 is 0 Å². The van der Waals surface area contributed by atoms with Crippen molar-refractivity contribution in [3.8, 4) is 12.8 Å². The van der Waals surface area contributed by atoms with Crippen molar-refractivity contribution in [3.63, 3.8) is 0 Å². The minimum atomic E-state index is -0.223. The fourth-order valence-corrected chi connectivity index (χ4v) is 1.98. The van der Waals surface area contributed by atoms with Crippen molar-refractivity contribution in [2.75, 3.05) is 33.2 Å². The van der Waals surface area contributed by atoms with Crippen LogP contribution in [0, 0.1) is 12.8 Å². The summed E-state index contributed by atoms with van der Waals surface area (Å²) in [7, 11) is 2.10. The SMILES string of the molecule is C#C.C/C=C\C=C/CC(C(N)=O)N1CCN(C)CC1. The van der Waals surface area contributed by atoms with Crippen molar-refractivity contribution in [1.82, 2.24) is 9.80 Å². The number of hydrogen-bond acceptors (Lipinski definition) is 3. The second kappa shape index (κ2) is 10.4. The lowest BCUT2D eigenvalue weighted by Crippen LogP contribution is -2.53. The van der Waals surface area contributed by atoms with Crippen LogP contribution in [0.1, 0.15) is 13.3 Å². The molecule has 1 atom stereocenters. The first kappa shape index (κ1) is 17.4. The van der Waals surface area contributed by atoms with Crippen molar-refractivity contribution < 1.29 is 4.79 Å². The van der Waals surface area contributed by atoms with Gasteiger partial charge < -0.3 is 10.6 Å². The van der Waals surface area contributed by atoms with Crippen LogP contribution in [0.25, 0.3) is 0 Å². The zero-order valence-corrected chi connectivity index (χ0v) is 12.0. The maximum atomic E-state index is 11.5. The maximum Gasteiger partial charge on any atom is 0.235 e. The number of likely N-dealkylation sites (N-methyl/N-ethyl adjacent to an activating group) is 1. The molecule has 1 aliphatic rings. The topological polar surface area (TPSA) is 49.6 Å². The highest BCUT2D eigenvalue weighted by atomic mass is 16.1. The molecule has 1 unspecified atom stereocenters. The molecular weight excluding hydrogens is 238 g/mol. The third-order valence-electron chi connectivity index (χ3n) is 3.11. The van der Waals surface area contributed by atoms with Gasteiger partial charge in [-0.1, -0.05) is 24.3 Å². The van der Waals surface area contributed by atoms with Gasteiger partial charge in [0.1, 0.15) is 0 Å². The predicted molar refractivity (Wildman–Crippen MR) is 80.5 cm³/mol. The van der Waals surface area contributed by atoms with Gasteiger partial charge in [-0.25, -0.2) is 0 Å². The standard InChI is InChI=1S/C13H23N3O.C2H2/c1-3-4-5-6-7-12(13(14)17)16-10-8-15(2)9-11-16;1-2/h3-6,12H,7-11H2,1-2H3,(H2,14,17);1-2H/b4-3-,6-5-;. The highest BCUT2D eigenvalue weighted by Gasteiger charge is 2.25. The molecule has 19 heavy (non-hydrogen) atoms. The molecule has 0 aromatic heterocycles. The van der Waals surface area contributed by atoms with E-state index in [2.05, 4.69) is 29.7 Å². The van der Waals surface area contributed by atoms with Gasteiger partial charge in [-0.3, -0.25) is 9.69 Å². The molecule has 0 saturated carbocycles. The van der Waals surface area contributed by atoms with Crippen LogP contribution in [0.4, 0.5) is 0 Å². The summed E-state index contributed by atoms with van der Waals surface area (Å²) in [6.07, 6.45) is 16.6. The lowest BCUT2D eigenvalue weighted by Gasteiger charge is -2.36. The second-order valence-electron chi connectivity index (χ2n) is 4.45. The smallest absolute Gasteiger partial charge is 0.235 e. The van der Waals surface area contributed by atoms with Crippen molar-refractivity contribution in [2.45, 2.75) is 19.4 Å². The van der Waals surface area contributed by atoms with E-state index in [4.69, 9.17) is 5.73 Å². The van der Waals surface area contributed by atoms with Crippen LogP contribution in [-0.2, 0) is 4.79 Å². The molecule has 0 aromatic rings. The third-order valence-corrected chi connectivity index (χ3v) is 3.11. The first-order valence-corrected chi connectivity index (χ1v) is 6.48. The summed E-state index contributed by atoms with van der Waals surface area (Å²) in [6.45, 7) is 5.81. The number of rotatable bonds is 5. The number of nitrogens with two attached hydrogens (primary N) is 1. The number of piperazine rings is 1. The Morgan fingerprint density at radius 1 is 1.26 bits per heavy atom.